The third-order valence-corrected chi connectivity index (χ3v) is 3.10. The summed E-state index contributed by atoms with van der Waals surface area (Å²) in [5, 5.41) is 22.8. The monoisotopic (exact) mass is 330 g/mol. The van der Waals surface area contributed by atoms with Crippen molar-refractivity contribution in [2.75, 3.05) is 5.32 Å². The minimum absolute atomic E-state index is 0.521. The number of aliphatic hydroxyl groups excluding tert-OH is 1. The van der Waals surface area contributed by atoms with E-state index in [0.717, 1.165) is 5.56 Å². The van der Waals surface area contributed by atoms with Crippen LogP contribution in [0.3, 0.4) is 0 Å². The first-order chi connectivity index (χ1) is 8.81. The molecule has 0 spiro atoms. The molecule has 1 aromatic carbocycles. The molecule has 0 aliphatic rings. The van der Waals surface area contributed by atoms with Crippen LogP contribution in [-0.2, 0) is 4.79 Å². The zero-order valence-corrected chi connectivity index (χ0v) is 12.1. The van der Waals surface area contributed by atoms with Crippen LogP contribution in [0.4, 0.5) is 10.5 Å². The molecule has 1 aromatic rings. The smallest absolute Gasteiger partial charge is 0.328 e. The number of benzene rings is 1. The molecule has 4 N–H and O–H groups in total. The van der Waals surface area contributed by atoms with Gasteiger partial charge in [0.2, 0.25) is 0 Å². The third kappa shape index (κ3) is 4.53. The van der Waals surface area contributed by atoms with Crippen LogP contribution in [0, 0.1) is 6.92 Å². The Balaban J connectivity index is 2.74. The summed E-state index contributed by atoms with van der Waals surface area (Å²) in [7, 11) is 0. The number of carboxylic acids is 1. The second kappa shape index (κ2) is 6.53. The van der Waals surface area contributed by atoms with Gasteiger partial charge in [-0.15, -0.1) is 0 Å². The molecule has 2 amide bonds. The van der Waals surface area contributed by atoms with Crippen LogP contribution in [0.2, 0.25) is 0 Å². The lowest BCUT2D eigenvalue weighted by Gasteiger charge is -2.17. The van der Waals surface area contributed by atoms with Gasteiger partial charge in [0, 0.05) is 4.47 Å². The maximum atomic E-state index is 11.7. The van der Waals surface area contributed by atoms with Gasteiger partial charge in [-0.3, -0.25) is 0 Å². The molecule has 0 bridgehead atoms. The molecule has 7 heteroatoms. The Kier molecular flexibility index (Phi) is 5.31. The van der Waals surface area contributed by atoms with Gasteiger partial charge in [-0.2, -0.15) is 0 Å². The van der Waals surface area contributed by atoms with E-state index < -0.39 is 24.1 Å². The number of hydrogen-bond donors (Lipinski definition) is 4. The Morgan fingerprint density at radius 1 is 1.37 bits per heavy atom. The highest BCUT2D eigenvalue weighted by Crippen LogP contribution is 2.23. The minimum atomic E-state index is -1.36. The number of halogens is 1. The number of carboxylic acid groups (broad SMARTS) is 1. The van der Waals surface area contributed by atoms with E-state index in [4.69, 9.17) is 5.11 Å². The van der Waals surface area contributed by atoms with Crippen LogP contribution in [0.5, 0.6) is 0 Å². The number of amides is 2. The largest absolute Gasteiger partial charge is 0.480 e. The van der Waals surface area contributed by atoms with Gasteiger partial charge in [-0.25, -0.2) is 9.59 Å². The van der Waals surface area contributed by atoms with Gasteiger partial charge in [-0.05, 0) is 47.5 Å². The van der Waals surface area contributed by atoms with Crippen molar-refractivity contribution in [2.24, 2.45) is 0 Å². The summed E-state index contributed by atoms with van der Waals surface area (Å²) >= 11 is 3.27. The predicted molar refractivity (Wildman–Crippen MR) is 74.1 cm³/mol. The van der Waals surface area contributed by atoms with Gasteiger partial charge in [0.15, 0.2) is 6.04 Å². The number of anilines is 1. The molecule has 0 aromatic heterocycles. The molecular formula is C12H15BrN2O4. The Labute approximate surface area is 118 Å². The van der Waals surface area contributed by atoms with Crippen molar-refractivity contribution >= 4 is 33.6 Å². The Hall–Kier alpha value is -1.60. The van der Waals surface area contributed by atoms with E-state index in [-0.39, 0.29) is 0 Å². The lowest BCUT2D eigenvalue weighted by molar-refractivity contribution is -0.141. The Morgan fingerprint density at radius 2 is 2.00 bits per heavy atom. The van der Waals surface area contributed by atoms with Crippen molar-refractivity contribution in [3.8, 4) is 0 Å². The summed E-state index contributed by atoms with van der Waals surface area (Å²) in [6.07, 6.45) is -1.19. The van der Waals surface area contributed by atoms with Gasteiger partial charge in [0.1, 0.15) is 0 Å². The second-order valence-corrected chi connectivity index (χ2v) is 4.99. The van der Waals surface area contributed by atoms with Crippen LogP contribution in [-0.4, -0.2) is 34.4 Å². The summed E-state index contributed by atoms with van der Waals surface area (Å²) in [6.45, 7) is 3.16. The zero-order valence-electron chi connectivity index (χ0n) is 10.5. The summed E-state index contributed by atoms with van der Waals surface area (Å²) in [5.41, 5.74) is 1.47. The number of rotatable bonds is 4. The second-order valence-electron chi connectivity index (χ2n) is 4.14. The standard InChI is InChI=1S/C12H15BrN2O4/c1-6-3-4-8(13)9(5-6)14-12(19)15-10(7(2)16)11(17)18/h3-5,7,10,16H,1-2H3,(H,17,18)(H2,14,15,19). The van der Waals surface area contributed by atoms with E-state index >= 15 is 0 Å². The molecule has 0 heterocycles. The molecule has 0 fully saturated rings. The molecule has 19 heavy (non-hydrogen) atoms. The summed E-state index contributed by atoms with van der Waals surface area (Å²) in [5.74, 6) is -1.30. The molecule has 0 aliphatic carbocycles. The SMILES string of the molecule is Cc1ccc(Br)c(NC(=O)NC(C(=O)O)C(C)O)c1. The number of aliphatic carboxylic acids is 1. The predicted octanol–water partition coefficient (Wildman–Crippen LogP) is 1.71. The molecule has 2 unspecified atom stereocenters. The number of aliphatic hydroxyl groups is 1. The van der Waals surface area contributed by atoms with Gasteiger partial charge < -0.3 is 20.8 Å². The number of urea groups is 1. The molecule has 0 saturated heterocycles. The van der Waals surface area contributed by atoms with Crippen molar-refractivity contribution < 1.29 is 19.8 Å². The van der Waals surface area contributed by atoms with Gasteiger partial charge in [0.25, 0.3) is 0 Å². The summed E-state index contributed by atoms with van der Waals surface area (Å²) in [6, 6.07) is 3.32. The molecule has 0 aliphatic heterocycles. The van der Waals surface area contributed by atoms with Crippen LogP contribution >= 0.6 is 15.9 Å². The number of aryl methyl sites for hydroxylation is 1. The topological polar surface area (TPSA) is 98.7 Å². The van der Waals surface area contributed by atoms with E-state index in [0.29, 0.717) is 10.2 Å². The molecule has 0 saturated carbocycles. The fourth-order valence-electron chi connectivity index (χ4n) is 1.42. The first kappa shape index (κ1) is 15.5. The van der Waals surface area contributed by atoms with E-state index in [9.17, 15) is 14.7 Å². The van der Waals surface area contributed by atoms with E-state index in [1.54, 1.807) is 12.1 Å². The van der Waals surface area contributed by atoms with Crippen molar-refractivity contribution in [2.45, 2.75) is 26.0 Å². The van der Waals surface area contributed by atoms with Crippen LogP contribution in [0.25, 0.3) is 0 Å². The quantitative estimate of drug-likeness (QED) is 0.675. The number of hydrogen-bond acceptors (Lipinski definition) is 3. The number of carbonyl (C=O) groups excluding carboxylic acids is 1. The maximum Gasteiger partial charge on any atom is 0.328 e. The molecule has 104 valence electrons. The van der Waals surface area contributed by atoms with E-state index in [2.05, 4.69) is 26.6 Å². The first-order valence-electron chi connectivity index (χ1n) is 5.56. The van der Waals surface area contributed by atoms with Gasteiger partial charge >= 0.3 is 12.0 Å². The van der Waals surface area contributed by atoms with Crippen LogP contribution < -0.4 is 10.6 Å². The van der Waals surface area contributed by atoms with Gasteiger partial charge in [-0.1, -0.05) is 6.07 Å². The average Bonchev–Trinajstić information content (AvgIpc) is 2.30. The van der Waals surface area contributed by atoms with Crippen molar-refractivity contribution in [1.82, 2.24) is 5.32 Å². The van der Waals surface area contributed by atoms with Crippen molar-refractivity contribution in [1.29, 1.82) is 0 Å². The zero-order chi connectivity index (χ0) is 14.6. The lowest BCUT2D eigenvalue weighted by atomic mass is 10.2. The lowest BCUT2D eigenvalue weighted by Crippen LogP contribution is -2.49. The Bertz CT molecular complexity index is 491. The van der Waals surface area contributed by atoms with Crippen molar-refractivity contribution in [3.63, 3.8) is 0 Å². The minimum Gasteiger partial charge on any atom is -0.480 e. The van der Waals surface area contributed by atoms with Crippen molar-refractivity contribution in [3.05, 3.63) is 28.2 Å². The highest BCUT2D eigenvalue weighted by atomic mass is 79.9. The summed E-state index contributed by atoms with van der Waals surface area (Å²) in [4.78, 5) is 22.5. The molecule has 1 rings (SSSR count). The highest BCUT2D eigenvalue weighted by Gasteiger charge is 2.25. The summed E-state index contributed by atoms with van der Waals surface area (Å²) < 4.78 is 0.678. The fraction of sp³-hybridized carbons (Fsp3) is 0.333. The number of nitrogens with one attached hydrogen (secondary N) is 2. The maximum absolute atomic E-state index is 11.7. The normalized spacial score (nSPS) is 13.5. The first-order valence-corrected chi connectivity index (χ1v) is 6.35. The molecule has 6 nitrogen and oxygen atoms in total. The molecular weight excluding hydrogens is 316 g/mol. The highest BCUT2D eigenvalue weighted by molar-refractivity contribution is 9.10. The van der Waals surface area contributed by atoms with E-state index in [1.807, 2.05) is 13.0 Å². The fourth-order valence-corrected chi connectivity index (χ4v) is 1.77. The van der Waals surface area contributed by atoms with Gasteiger partial charge in [0.05, 0.1) is 11.8 Å². The Morgan fingerprint density at radius 3 is 2.53 bits per heavy atom. The van der Waals surface area contributed by atoms with Crippen LogP contribution in [0.1, 0.15) is 12.5 Å². The average molecular weight is 331 g/mol. The third-order valence-electron chi connectivity index (χ3n) is 2.41. The molecule has 0 radical (unpaired) electrons. The van der Waals surface area contributed by atoms with E-state index in [1.165, 1.54) is 6.92 Å². The van der Waals surface area contributed by atoms with Crippen LogP contribution in [0.15, 0.2) is 22.7 Å². The molecule has 2 atom stereocenters. The number of carbonyl (C=O) groups is 2.